The van der Waals surface area contributed by atoms with E-state index in [4.69, 9.17) is 4.74 Å². The zero-order valence-corrected chi connectivity index (χ0v) is 8.22. The van der Waals surface area contributed by atoms with Gasteiger partial charge in [0.25, 0.3) is 0 Å². The first-order valence-electron chi connectivity index (χ1n) is 4.07. The van der Waals surface area contributed by atoms with Crippen molar-refractivity contribution in [2.45, 2.75) is 20.8 Å². The second kappa shape index (κ2) is 5.35. The van der Waals surface area contributed by atoms with Crippen LogP contribution in [0.1, 0.15) is 20.8 Å². The average molecular weight is 185 g/mol. The molecule has 0 heterocycles. The Bertz CT molecular complexity index is 221. The molecule has 1 N–H and O–H groups in total. The molecule has 0 aromatic carbocycles. The fourth-order valence-corrected chi connectivity index (χ4v) is 0.593. The lowest BCUT2D eigenvalue weighted by Gasteiger charge is -2.08. The van der Waals surface area contributed by atoms with Gasteiger partial charge in [-0.15, -0.1) is 0 Å². The van der Waals surface area contributed by atoms with Crippen molar-refractivity contribution in [1.29, 1.82) is 0 Å². The van der Waals surface area contributed by atoms with Crippen molar-refractivity contribution in [3.8, 4) is 0 Å². The minimum Gasteiger partial charge on any atom is -0.461 e. The highest BCUT2D eigenvalue weighted by atomic mass is 16.5. The average Bonchev–Trinajstić information content (AvgIpc) is 1.98. The molecule has 0 aromatic rings. The number of amides is 1. The molecule has 0 rings (SSSR count). The molecule has 74 valence electrons. The number of hydrogen-bond donors (Lipinski definition) is 1. The normalized spacial score (nSPS) is 9.54. The number of nitrogens with one attached hydrogen (secondary N) is 1. The topological polar surface area (TPSA) is 55.4 Å². The third kappa shape index (κ3) is 5.90. The Morgan fingerprint density at radius 2 is 2.00 bits per heavy atom. The highest BCUT2D eigenvalue weighted by Gasteiger charge is 2.09. The van der Waals surface area contributed by atoms with Gasteiger partial charge in [-0.25, -0.2) is 4.79 Å². The zero-order chi connectivity index (χ0) is 10.4. The summed E-state index contributed by atoms with van der Waals surface area (Å²) < 4.78 is 4.81. The van der Waals surface area contributed by atoms with Gasteiger partial charge in [-0.2, -0.15) is 0 Å². The molecule has 0 aliphatic heterocycles. The van der Waals surface area contributed by atoms with Crippen LogP contribution >= 0.6 is 0 Å². The minimum absolute atomic E-state index is 0.0202. The predicted molar refractivity (Wildman–Crippen MR) is 48.8 cm³/mol. The molecule has 0 unspecified atom stereocenters. The molecule has 0 bridgehead atoms. The molecular weight excluding hydrogens is 170 g/mol. The van der Waals surface area contributed by atoms with Crippen molar-refractivity contribution in [3.63, 3.8) is 0 Å². The lowest BCUT2D eigenvalue weighted by molar-refractivity contribution is -0.141. The van der Waals surface area contributed by atoms with E-state index in [0.717, 1.165) is 0 Å². The Morgan fingerprint density at radius 3 is 2.38 bits per heavy atom. The maximum atomic E-state index is 11.0. The molecule has 0 aliphatic rings. The van der Waals surface area contributed by atoms with Crippen LogP contribution in [-0.2, 0) is 14.3 Å². The molecule has 0 aliphatic carbocycles. The quantitative estimate of drug-likeness (QED) is 0.521. The summed E-state index contributed by atoms with van der Waals surface area (Å²) in [5.74, 6) is -0.635. The van der Waals surface area contributed by atoms with Gasteiger partial charge in [0.1, 0.15) is 5.70 Å². The summed E-state index contributed by atoms with van der Waals surface area (Å²) in [7, 11) is 0. The first kappa shape index (κ1) is 11.7. The highest BCUT2D eigenvalue weighted by Crippen LogP contribution is 1.96. The molecule has 1 amide bonds. The van der Waals surface area contributed by atoms with Crippen molar-refractivity contribution in [1.82, 2.24) is 5.32 Å². The van der Waals surface area contributed by atoms with Crippen LogP contribution < -0.4 is 5.32 Å². The molecule has 0 fully saturated rings. The third-order valence-corrected chi connectivity index (χ3v) is 1.12. The molecular formula is C9H15NO3. The largest absolute Gasteiger partial charge is 0.461 e. The second-order valence-electron chi connectivity index (χ2n) is 3.15. The van der Waals surface area contributed by atoms with E-state index in [1.165, 1.54) is 6.92 Å². The van der Waals surface area contributed by atoms with Crippen LogP contribution in [0.25, 0.3) is 0 Å². The summed E-state index contributed by atoms with van der Waals surface area (Å²) >= 11 is 0. The molecule has 4 nitrogen and oxygen atoms in total. The Hall–Kier alpha value is -1.32. The molecule has 0 spiro atoms. The lowest BCUT2D eigenvalue weighted by Crippen LogP contribution is -2.26. The summed E-state index contributed by atoms with van der Waals surface area (Å²) in [5, 5.41) is 2.26. The van der Waals surface area contributed by atoms with Gasteiger partial charge in [-0.05, 0) is 5.92 Å². The van der Waals surface area contributed by atoms with E-state index in [2.05, 4.69) is 11.9 Å². The van der Waals surface area contributed by atoms with Gasteiger partial charge in [0, 0.05) is 6.92 Å². The van der Waals surface area contributed by atoms with Gasteiger partial charge in [-0.1, -0.05) is 20.4 Å². The van der Waals surface area contributed by atoms with Crippen molar-refractivity contribution in [3.05, 3.63) is 12.3 Å². The molecule has 0 saturated heterocycles. The van der Waals surface area contributed by atoms with Crippen LogP contribution in [0.5, 0.6) is 0 Å². The summed E-state index contributed by atoms with van der Waals surface area (Å²) in [6.07, 6.45) is 0. The van der Waals surface area contributed by atoms with Gasteiger partial charge in [0.2, 0.25) is 5.91 Å². The van der Waals surface area contributed by atoms with E-state index >= 15 is 0 Å². The van der Waals surface area contributed by atoms with Crippen LogP contribution in [0.15, 0.2) is 12.3 Å². The Kier molecular flexibility index (Phi) is 4.80. The van der Waals surface area contributed by atoms with E-state index in [1.54, 1.807) is 0 Å². The zero-order valence-electron chi connectivity index (χ0n) is 8.22. The van der Waals surface area contributed by atoms with Gasteiger partial charge in [-0.3, -0.25) is 4.79 Å². The summed E-state index contributed by atoms with van der Waals surface area (Å²) in [5.41, 5.74) is -0.0202. The number of rotatable bonds is 4. The maximum absolute atomic E-state index is 11.0. The number of carbonyl (C=O) groups is 2. The Morgan fingerprint density at radius 1 is 1.46 bits per heavy atom. The number of hydrogen-bond acceptors (Lipinski definition) is 3. The third-order valence-electron chi connectivity index (χ3n) is 1.12. The molecule has 4 heteroatoms. The Labute approximate surface area is 78.0 Å². The molecule has 13 heavy (non-hydrogen) atoms. The summed E-state index contributed by atoms with van der Waals surface area (Å²) in [6, 6.07) is 0. The number of esters is 1. The van der Waals surface area contributed by atoms with Crippen molar-refractivity contribution in [2.75, 3.05) is 6.61 Å². The lowest BCUT2D eigenvalue weighted by atomic mass is 10.2. The summed E-state index contributed by atoms with van der Waals surface area (Å²) in [6.45, 7) is 8.85. The summed E-state index contributed by atoms with van der Waals surface area (Å²) in [4.78, 5) is 21.6. The fourth-order valence-electron chi connectivity index (χ4n) is 0.593. The second-order valence-corrected chi connectivity index (χ2v) is 3.15. The van der Waals surface area contributed by atoms with Crippen molar-refractivity contribution < 1.29 is 14.3 Å². The predicted octanol–water partition coefficient (Wildman–Crippen LogP) is 0.835. The van der Waals surface area contributed by atoms with Gasteiger partial charge < -0.3 is 10.1 Å². The van der Waals surface area contributed by atoms with Crippen LogP contribution in [-0.4, -0.2) is 18.5 Å². The van der Waals surface area contributed by atoms with Crippen LogP contribution in [0.4, 0.5) is 0 Å². The fraction of sp³-hybridized carbons (Fsp3) is 0.556. The monoisotopic (exact) mass is 185 g/mol. The molecule has 0 atom stereocenters. The van der Waals surface area contributed by atoms with Crippen LogP contribution in [0.3, 0.4) is 0 Å². The SMILES string of the molecule is C=C(NC(C)=O)C(=O)OCC(C)C. The van der Waals surface area contributed by atoms with E-state index < -0.39 is 5.97 Å². The van der Waals surface area contributed by atoms with Crippen molar-refractivity contribution >= 4 is 11.9 Å². The first-order valence-corrected chi connectivity index (χ1v) is 4.07. The molecule has 0 aromatic heterocycles. The molecule has 0 radical (unpaired) electrons. The van der Waals surface area contributed by atoms with E-state index in [9.17, 15) is 9.59 Å². The van der Waals surface area contributed by atoms with E-state index in [0.29, 0.717) is 6.61 Å². The van der Waals surface area contributed by atoms with Crippen molar-refractivity contribution in [2.24, 2.45) is 5.92 Å². The van der Waals surface area contributed by atoms with Crippen LogP contribution in [0.2, 0.25) is 0 Å². The molecule has 0 saturated carbocycles. The maximum Gasteiger partial charge on any atom is 0.354 e. The highest BCUT2D eigenvalue weighted by molar-refractivity contribution is 5.92. The minimum atomic E-state index is -0.580. The number of carbonyl (C=O) groups excluding carboxylic acids is 2. The first-order chi connectivity index (χ1) is 5.93. The van der Waals surface area contributed by atoms with Gasteiger partial charge in [0.15, 0.2) is 0 Å². The smallest absolute Gasteiger partial charge is 0.354 e. The van der Waals surface area contributed by atoms with Gasteiger partial charge >= 0.3 is 5.97 Å². The van der Waals surface area contributed by atoms with Gasteiger partial charge in [0.05, 0.1) is 6.61 Å². The van der Waals surface area contributed by atoms with Crippen LogP contribution in [0, 0.1) is 5.92 Å². The Balaban J connectivity index is 3.83. The van der Waals surface area contributed by atoms with E-state index in [1.807, 2.05) is 13.8 Å². The van der Waals surface area contributed by atoms with E-state index in [-0.39, 0.29) is 17.5 Å². The standard InChI is InChI=1S/C9H15NO3/c1-6(2)5-13-9(12)7(3)10-8(4)11/h6H,3,5H2,1-2,4H3,(H,10,11). The number of ether oxygens (including phenoxy) is 1.